The number of nitrogens with zero attached hydrogens (tertiary/aromatic N) is 1. The summed E-state index contributed by atoms with van der Waals surface area (Å²) < 4.78 is 0. The lowest BCUT2D eigenvalue weighted by atomic mass is 9.85. The smallest absolute Gasteiger partial charge is 0.223 e. The number of fused-ring (bicyclic) bond motifs is 1. The van der Waals surface area contributed by atoms with Gasteiger partial charge in [0.05, 0.1) is 0 Å². The molecule has 6 nitrogen and oxygen atoms in total. The fourth-order valence-electron chi connectivity index (χ4n) is 4.42. The predicted octanol–water partition coefficient (Wildman–Crippen LogP) is 4.11. The molecular weight excluding hydrogens is 501 g/mol. The molecule has 4 N–H and O–H groups in total. The Bertz CT molecular complexity index is 876. The fraction of sp³-hybridized carbons (Fsp3) is 0.583. The number of aliphatic imine (C=N–C) groups is 1. The van der Waals surface area contributed by atoms with Gasteiger partial charge in [0.15, 0.2) is 5.96 Å². The van der Waals surface area contributed by atoms with Gasteiger partial charge in [0.1, 0.15) is 0 Å². The van der Waals surface area contributed by atoms with E-state index in [0.717, 1.165) is 70.4 Å². The molecule has 1 amide bonds. The second kappa shape index (κ2) is 11.7. The van der Waals surface area contributed by atoms with Crippen molar-refractivity contribution in [2.45, 2.75) is 70.4 Å². The zero-order valence-corrected chi connectivity index (χ0v) is 20.8. The number of amides is 1. The van der Waals surface area contributed by atoms with E-state index < -0.39 is 0 Å². The number of aromatic nitrogens is 1. The van der Waals surface area contributed by atoms with Crippen LogP contribution in [0.5, 0.6) is 0 Å². The van der Waals surface area contributed by atoms with Crippen molar-refractivity contribution < 1.29 is 4.79 Å². The Labute approximate surface area is 202 Å². The number of nitrogens with one attached hydrogen (secondary N) is 4. The van der Waals surface area contributed by atoms with Crippen LogP contribution in [-0.4, -0.2) is 42.0 Å². The summed E-state index contributed by atoms with van der Waals surface area (Å²) in [5, 5.41) is 11.4. The second-order valence-electron chi connectivity index (χ2n) is 8.71. The summed E-state index contributed by atoms with van der Waals surface area (Å²) in [6, 6.07) is 9.21. The van der Waals surface area contributed by atoms with Gasteiger partial charge in [-0.1, -0.05) is 24.6 Å². The molecule has 2 saturated carbocycles. The van der Waals surface area contributed by atoms with Crippen LogP contribution in [0.1, 0.15) is 57.4 Å². The number of para-hydroxylation sites is 1. The number of rotatable bonds is 8. The average molecular weight is 537 g/mol. The van der Waals surface area contributed by atoms with E-state index in [9.17, 15) is 4.79 Å². The molecule has 4 rings (SSSR count). The van der Waals surface area contributed by atoms with Gasteiger partial charge >= 0.3 is 0 Å². The number of guanidine groups is 1. The molecule has 1 heterocycles. The molecular formula is C24H36IN5O. The van der Waals surface area contributed by atoms with Crippen molar-refractivity contribution in [3.63, 3.8) is 0 Å². The highest BCUT2D eigenvalue weighted by molar-refractivity contribution is 14.0. The highest BCUT2D eigenvalue weighted by atomic mass is 127. The van der Waals surface area contributed by atoms with Crippen molar-refractivity contribution in [2.24, 2.45) is 10.9 Å². The van der Waals surface area contributed by atoms with Gasteiger partial charge in [0.2, 0.25) is 5.91 Å². The van der Waals surface area contributed by atoms with Crippen LogP contribution in [0.25, 0.3) is 10.9 Å². The maximum atomic E-state index is 12.4. The van der Waals surface area contributed by atoms with Crippen LogP contribution >= 0.6 is 24.0 Å². The summed E-state index contributed by atoms with van der Waals surface area (Å²) in [6.45, 7) is 3.72. The van der Waals surface area contributed by atoms with E-state index >= 15 is 0 Å². The van der Waals surface area contributed by atoms with Gasteiger partial charge in [0, 0.05) is 48.2 Å². The van der Waals surface area contributed by atoms with Gasteiger partial charge in [0.25, 0.3) is 0 Å². The molecule has 7 heteroatoms. The first-order valence-corrected chi connectivity index (χ1v) is 11.6. The van der Waals surface area contributed by atoms with Crippen LogP contribution in [0.3, 0.4) is 0 Å². The third-order valence-corrected chi connectivity index (χ3v) is 6.20. The first kappa shape index (κ1) is 23.9. The van der Waals surface area contributed by atoms with Gasteiger partial charge in [-0.15, -0.1) is 24.0 Å². The van der Waals surface area contributed by atoms with Crippen molar-refractivity contribution in [1.29, 1.82) is 0 Å². The molecule has 1 aromatic carbocycles. The van der Waals surface area contributed by atoms with E-state index in [2.05, 4.69) is 58.3 Å². The SMILES string of the molecule is CCNC(=NCCCc1c[nH]c2ccccc12)NC1CCCC(C(=O)NC2CC2)C1.I. The van der Waals surface area contributed by atoms with Crippen molar-refractivity contribution >= 4 is 46.7 Å². The molecule has 2 atom stereocenters. The molecule has 2 aliphatic carbocycles. The maximum Gasteiger partial charge on any atom is 0.223 e. The molecule has 1 aromatic heterocycles. The normalized spacial score (nSPS) is 21.4. The molecule has 0 radical (unpaired) electrons. The van der Waals surface area contributed by atoms with Gasteiger partial charge in [-0.2, -0.15) is 0 Å². The number of H-pyrrole nitrogens is 1. The molecule has 31 heavy (non-hydrogen) atoms. The Morgan fingerprint density at radius 3 is 2.77 bits per heavy atom. The number of hydrogen-bond donors (Lipinski definition) is 4. The van der Waals surface area contributed by atoms with Crippen LogP contribution in [0.4, 0.5) is 0 Å². The van der Waals surface area contributed by atoms with Crippen molar-refractivity contribution in [1.82, 2.24) is 20.9 Å². The zero-order chi connectivity index (χ0) is 20.8. The van der Waals surface area contributed by atoms with Gasteiger partial charge in [-0.25, -0.2) is 0 Å². The van der Waals surface area contributed by atoms with Gasteiger partial charge in [-0.05, 0) is 63.5 Å². The van der Waals surface area contributed by atoms with E-state index in [-0.39, 0.29) is 35.8 Å². The van der Waals surface area contributed by atoms with E-state index in [1.165, 1.54) is 16.5 Å². The van der Waals surface area contributed by atoms with E-state index in [4.69, 9.17) is 4.99 Å². The summed E-state index contributed by atoms with van der Waals surface area (Å²) in [5.41, 5.74) is 2.55. The topological polar surface area (TPSA) is 81.3 Å². The molecule has 170 valence electrons. The summed E-state index contributed by atoms with van der Waals surface area (Å²) in [7, 11) is 0. The minimum atomic E-state index is 0. The Morgan fingerprint density at radius 2 is 1.97 bits per heavy atom. The monoisotopic (exact) mass is 537 g/mol. The standard InChI is InChI=1S/C24H35N5O.HI/c1-2-25-24(26-14-6-8-18-16-27-22-11-4-3-10-21(18)22)29-20-9-5-7-17(15-20)23(30)28-19-12-13-19;/h3-4,10-11,16-17,19-20,27H,2,5-9,12-15H2,1H3,(H,28,30)(H2,25,26,29);1H. The van der Waals surface area contributed by atoms with Crippen LogP contribution in [0.15, 0.2) is 35.5 Å². The molecule has 0 spiro atoms. The van der Waals surface area contributed by atoms with Crippen LogP contribution in [-0.2, 0) is 11.2 Å². The zero-order valence-electron chi connectivity index (χ0n) is 18.5. The van der Waals surface area contributed by atoms with Gasteiger partial charge < -0.3 is 20.9 Å². The fourth-order valence-corrected chi connectivity index (χ4v) is 4.42. The molecule has 0 aliphatic heterocycles. The van der Waals surface area contributed by atoms with Gasteiger partial charge in [-0.3, -0.25) is 9.79 Å². The third-order valence-electron chi connectivity index (χ3n) is 6.20. The number of carbonyl (C=O) groups is 1. The number of aromatic amines is 1. The Balaban J connectivity index is 0.00000272. The summed E-state index contributed by atoms with van der Waals surface area (Å²) >= 11 is 0. The highest BCUT2D eigenvalue weighted by Gasteiger charge is 2.31. The maximum absolute atomic E-state index is 12.4. The van der Waals surface area contributed by atoms with Crippen molar-refractivity contribution in [2.75, 3.05) is 13.1 Å². The molecule has 2 fully saturated rings. The number of hydrogen-bond acceptors (Lipinski definition) is 2. The Kier molecular flexibility index (Phi) is 9.04. The van der Waals surface area contributed by atoms with Crippen LogP contribution in [0, 0.1) is 5.92 Å². The number of aryl methyl sites for hydroxylation is 1. The summed E-state index contributed by atoms with van der Waals surface area (Å²) in [5.74, 6) is 1.27. The first-order valence-electron chi connectivity index (χ1n) is 11.6. The van der Waals surface area contributed by atoms with E-state index in [1.807, 2.05) is 0 Å². The largest absolute Gasteiger partial charge is 0.361 e. The van der Waals surface area contributed by atoms with E-state index in [1.54, 1.807) is 0 Å². The first-order chi connectivity index (χ1) is 14.7. The molecule has 2 aromatic rings. The van der Waals surface area contributed by atoms with Crippen molar-refractivity contribution in [3.8, 4) is 0 Å². The Hall–Kier alpha value is -1.77. The minimum absolute atomic E-state index is 0. The molecule has 0 bridgehead atoms. The highest BCUT2D eigenvalue weighted by Crippen LogP contribution is 2.26. The minimum Gasteiger partial charge on any atom is -0.361 e. The third kappa shape index (κ3) is 6.85. The lowest BCUT2D eigenvalue weighted by molar-refractivity contribution is -0.126. The number of carbonyl (C=O) groups excluding carboxylic acids is 1. The van der Waals surface area contributed by atoms with Crippen LogP contribution < -0.4 is 16.0 Å². The van der Waals surface area contributed by atoms with Crippen molar-refractivity contribution in [3.05, 3.63) is 36.0 Å². The number of halogens is 1. The second-order valence-corrected chi connectivity index (χ2v) is 8.71. The summed E-state index contributed by atoms with van der Waals surface area (Å²) in [4.78, 5) is 20.6. The molecule has 2 unspecified atom stereocenters. The van der Waals surface area contributed by atoms with Crippen LogP contribution in [0.2, 0.25) is 0 Å². The lowest BCUT2D eigenvalue weighted by Crippen LogP contribution is -2.47. The molecule has 2 aliphatic rings. The lowest BCUT2D eigenvalue weighted by Gasteiger charge is -2.30. The molecule has 0 saturated heterocycles. The number of benzene rings is 1. The Morgan fingerprint density at radius 1 is 1.13 bits per heavy atom. The quantitative estimate of drug-likeness (QED) is 0.177. The van der Waals surface area contributed by atoms with E-state index in [0.29, 0.717) is 12.1 Å². The predicted molar refractivity (Wildman–Crippen MR) is 138 cm³/mol. The summed E-state index contributed by atoms with van der Waals surface area (Å²) in [6.07, 6.45) is 10.6. The average Bonchev–Trinajstić information content (AvgIpc) is 3.48.